The second-order valence-corrected chi connectivity index (χ2v) is 4.79. The van der Waals surface area contributed by atoms with Crippen LogP contribution in [0.1, 0.15) is 20.3 Å². The molecule has 0 saturated heterocycles. The lowest BCUT2D eigenvalue weighted by molar-refractivity contribution is 0.421. The van der Waals surface area contributed by atoms with Crippen LogP contribution in [0.4, 0.5) is 0 Å². The molecule has 0 aliphatic heterocycles. The van der Waals surface area contributed by atoms with Crippen LogP contribution < -0.4 is 0 Å². The predicted octanol–water partition coefficient (Wildman–Crippen LogP) is 3.45. The summed E-state index contributed by atoms with van der Waals surface area (Å²) in [6, 6.07) is 7.67. The second-order valence-electron chi connectivity index (χ2n) is 4.79. The third-order valence-corrected chi connectivity index (χ3v) is 3.23. The average molecular weight is 253 g/mol. The molecule has 4 nitrogen and oxygen atoms in total. The van der Waals surface area contributed by atoms with Gasteiger partial charge in [-0.1, -0.05) is 23.8 Å². The summed E-state index contributed by atoms with van der Waals surface area (Å²) < 4.78 is 0. The molecule has 0 bridgehead atoms. The van der Waals surface area contributed by atoms with Crippen molar-refractivity contribution in [2.24, 2.45) is 0 Å². The van der Waals surface area contributed by atoms with Crippen molar-refractivity contribution in [2.45, 2.75) is 20.3 Å². The first-order valence-corrected chi connectivity index (χ1v) is 6.25. The van der Waals surface area contributed by atoms with E-state index in [1.165, 1.54) is 10.4 Å². The summed E-state index contributed by atoms with van der Waals surface area (Å²) in [5, 5.41) is 19.1. The highest BCUT2D eigenvalue weighted by molar-refractivity contribution is 5.75. The molecule has 2 aromatic rings. The molecule has 1 aliphatic carbocycles. The highest BCUT2D eigenvalue weighted by atomic mass is 16.3. The zero-order chi connectivity index (χ0) is 13.4. The van der Waals surface area contributed by atoms with E-state index in [1.54, 1.807) is 0 Å². The van der Waals surface area contributed by atoms with Crippen molar-refractivity contribution >= 4 is 16.7 Å². The summed E-state index contributed by atoms with van der Waals surface area (Å²) in [6.45, 7) is 3.93. The summed E-state index contributed by atoms with van der Waals surface area (Å²) in [6.07, 6.45) is 4.78. The van der Waals surface area contributed by atoms with Gasteiger partial charge in [0.2, 0.25) is 0 Å². The Morgan fingerprint density at radius 2 is 1.74 bits per heavy atom. The number of allylic oxidation sites excluding steroid dienone is 5. The summed E-state index contributed by atoms with van der Waals surface area (Å²) in [5.41, 5.74) is 4.28. The molecule has 96 valence electrons. The molecule has 1 aromatic carbocycles. The molecule has 19 heavy (non-hydrogen) atoms. The van der Waals surface area contributed by atoms with Crippen molar-refractivity contribution < 1.29 is 5.11 Å². The standard InChI is InChI=1S/C15H15N3O/c1-10-7-8-11(2)15(19)14(9-10)18-16-12-5-3-4-6-13(12)17-18/h3-6,8-9,19H,7H2,1-2H3. The molecule has 0 amide bonds. The molecular formula is C15H15N3O. The number of benzene rings is 1. The molecule has 1 aliphatic rings. The molecule has 0 radical (unpaired) electrons. The van der Waals surface area contributed by atoms with Crippen molar-refractivity contribution in [3.8, 4) is 0 Å². The summed E-state index contributed by atoms with van der Waals surface area (Å²) in [5.74, 6) is 0.233. The smallest absolute Gasteiger partial charge is 0.145 e. The van der Waals surface area contributed by atoms with Crippen LogP contribution in [0.5, 0.6) is 0 Å². The average Bonchev–Trinajstić information content (AvgIpc) is 2.79. The number of aromatic nitrogens is 3. The van der Waals surface area contributed by atoms with Gasteiger partial charge in [-0.2, -0.15) is 0 Å². The molecule has 0 fully saturated rings. The quantitative estimate of drug-likeness (QED) is 0.846. The molecular weight excluding hydrogens is 238 g/mol. The van der Waals surface area contributed by atoms with Crippen molar-refractivity contribution in [2.75, 3.05) is 0 Å². The number of hydrogen-bond donors (Lipinski definition) is 1. The van der Waals surface area contributed by atoms with Gasteiger partial charge in [-0.15, -0.1) is 15.0 Å². The zero-order valence-corrected chi connectivity index (χ0v) is 11.0. The Balaban J connectivity index is 2.21. The van der Waals surface area contributed by atoms with Crippen LogP contribution in [0, 0.1) is 0 Å². The summed E-state index contributed by atoms with van der Waals surface area (Å²) in [7, 11) is 0. The van der Waals surface area contributed by atoms with Crippen molar-refractivity contribution in [1.82, 2.24) is 15.0 Å². The maximum atomic E-state index is 10.3. The van der Waals surface area contributed by atoms with Gasteiger partial charge in [0.15, 0.2) is 0 Å². The maximum Gasteiger partial charge on any atom is 0.145 e. The van der Waals surface area contributed by atoms with Gasteiger partial charge in [-0.3, -0.25) is 0 Å². The lowest BCUT2D eigenvalue weighted by Gasteiger charge is -2.04. The SMILES string of the molecule is CC1=CC(n2nc3ccccc3n2)=C(O)C(C)=CC1. The third-order valence-electron chi connectivity index (χ3n) is 3.23. The van der Waals surface area contributed by atoms with Crippen LogP contribution in [0.2, 0.25) is 0 Å². The van der Waals surface area contributed by atoms with E-state index in [-0.39, 0.29) is 5.76 Å². The Morgan fingerprint density at radius 3 is 2.37 bits per heavy atom. The topological polar surface area (TPSA) is 50.9 Å². The largest absolute Gasteiger partial charge is 0.505 e. The molecule has 1 aromatic heterocycles. The number of rotatable bonds is 1. The van der Waals surface area contributed by atoms with Crippen molar-refractivity contribution in [1.29, 1.82) is 0 Å². The van der Waals surface area contributed by atoms with E-state index < -0.39 is 0 Å². The van der Waals surface area contributed by atoms with Crippen LogP contribution in [0.3, 0.4) is 0 Å². The molecule has 4 heteroatoms. The maximum absolute atomic E-state index is 10.3. The Hall–Kier alpha value is -2.36. The van der Waals surface area contributed by atoms with Gasteiger partial charge < -0.3 is 5.11 Å². The monoisotopic (exact) mass is 253 g/mol. The number of aliphatic hydroxyl groups is 1. The summed E-state index contributed by atoms with van der Waals surface area (Å²) in [4.78, 5) is 1.51. The van der Waals surface area contributed by atoms with Gasteiger partial charge in [-0.25, -0.2) is 0 Å². The predicted molar refractivity (Wildman–Crippen MR) is 75.5 cm³/mol. The lowest BCUT2D eigenvalue weighted by atomic mass is 10.2. The Labute approximate surface area is 111 Å². The van der Waals surface area contributed by atoms with Crippen LogP contribution in [0.25, 0.3) is 16.7 Å². The van der Waals surface area contributed by atoms with Gasteiger partial charge in [0.05, 0.1) is 0 Å². The molecule has 0 unspecified atom stereocenters. The number of hydrogen-bond acceptors (Lipinski definition) is 3. The molecule has 1 N–H and O–H groups in total. The second kappa shape index (κ2) is 4.39. The van der Waals surface area contributed by atoms with Crippen LogP contribution >= 0.6 is 0 Å². The fourth-order valence-corrected chi connectivity index (χ4v) is 2.09. The van der Waals surface area contributed by atoms with Gasteiger partial charge >= 0.3 is 0 Å². The highest BCUT2D eigenvalue weighted by Crippen LogP contribution is 2.24. The third kappa shape index (κ3) is 2.05. The lowest BCUT2D eigenvalue weighted by Crippen LogP contribution is -2.03. The van der Waals surface area contributed by atoms with E-state index in [0.717, 1.165) is 23.0 Å². The van der Waals surface area contributed by atoms with Gasteiger partial charge in [-0.05, 0) is 44.1 Å². The molecule has 0 atom stereocenters. The van der Waals surface area contributed by atoms with Gasteiger partial charge in [0.1, 0.15) is 22.5 Å². The molecule has 0 spiro atoms. The molecule has 1 heterocycles. The molecule has 3 rings (SSSR count). The van der Waals surface area contributed by atoms with E-state index in [4.69, 9.17) is 0 Å². The number of nitrogens with zero attached hydrogens (tertiary/aromatic N) is 3. The fraction of sp³-hybridized carbons (Fsp3) is 0.200. The summed E-state index contributed by atoms with van der Waals surface area (Å²) >= 11 is 0. The Bertz CT molecular complexity index is 702. The van der Waals surface area contributed by atoms with Crippen LogP contribution in [-0.4, -0.2) is 20.1 Å². The number of fused-ring (bicyclic) bond motifs is 1. The van der Waals surface area contributed by atoms with Crippen LogP contribution in [0.15, 0.2) is 53.3 Å². The minimum atomic E-state index is 0.233. The first kappa shape index (κ1) is 11.7. The van der Waals surface area contributed by atoms with E-state index in [2.05, 4.69) is 10.2 Å². The van der Waals surface area contributed by atoms with Gasteiger partial charge in [0, 0.05) is 0 Å². The first-order valence-electron chi connectivity index (χ1n) is 6.25. The number of aliphatic hydroxyl groups excluding tert-OH is 1. The first-order chi connectivity index (χ1) is 9.15. The van der Waals surface area contributed by atoms with E-state index in [1.807, 2.05) is 50.3 Å². The van der Waals surface area contributed by atoms with Gasteiger partial charge in [0.25, 0.3) is 0 Å². The van der Waals surface area contributed by atoms with Crippen molar-refractivity contribution in [3.63, 3.8) is 0 Å². The Kier molecular flexibility index (Phi) is 2.71. The minimum Gasteiger partial charge on any atom is -0.505 e. The normalized spacial score (nSPS) is 16.3. The minimum absolute atomic E-state index is 0.233. The van der Waals surface area contributed by atoms with E-state index in [0.29, 0.717) is 5.70 Å². The molecule has 0 saturated carbocycles. The van der Waals surface area contributed by atoms with E-state index in [9.17, 15) is 5.11 Å². The Morgan fingerprint density at radius 1 is 1.11 bits per heavy atom. The van der Waals surface area contributed by atoms with Crippen LogP contribution in [-0.2, 0) is 0 Å². The van der Waals surface area contributed by atoms with Crippen molar-refractivity contribution in [3.05, 3.63) is 53.3 Å². The van der Waals surface area contributed by atoms with E-state index >= 15 is 0 Å². The highest BCUT2D eigenvalue weighted by Gasteiger charge is 2.14. The zero-order valence-electron chi connectivity index (χ0n) is 11.0. The fourth-order valence-electron chi connectivity index (χ4n) is 2.09.